The zero-order chi connectivity index (χ0) is 18.6. The molecule has 3 nitrogen and oxygen atoms in total. The van der Waals surface area contributed by atoms with Crippen LogP contribution in [0.4, 0.5) is 17.6 Å². The molecular formula is C17H17ClF4N2O. The molecule has 2 atom stereocenters. The van der Waals surface area contributed by atoms with Gasteiger partial charge in [0, 0.05) is 12.7 Å². The van der Waals surface area contributed by atoms with Crippen molar-refractivity contribution in [2.45, 2.75) is 31.7 Å². The summed E-state index contributed by atoms with van der Waals surface area (Å²) in [5.74, 6) is -0.998. The van der Waals surface area contributed by atoms with Gasteiger partial charge in [-0.25, -0.2) is 4.39 Å². The number of benzene rings is 1. The van der Waals surface area contributed by atoms with Crippen molar-refractivity contribution in [3.63, 3.8) is 0 Å². The van der Waals surface area contributed by atoms with Gasteiger partial charge in [-0.2, -0.15) is 13.2 Å². The van der Waals surface area contributed by atoms with Gasteiger partial charge in [0.25, 0.3) is 0 Å². The number of hydrogen-bond donors (Lipinski definition) is 2. The van der Waals surface area contributed by atoms with Crippen molar-refractivity contribution >= 4 is 11.6 Å². The predicted octanol–water partition coefficient (Wildman–Crippen LogP) is 4.34. The van der Waals surface area contributed by atoms with Gasteiger partial charge in [-0.1, -0.05) is 18.5 Å². The van der Waals surface area contributed by atoms with E-state index in [1.54, 1.807) is 13.0 Å². The largest absolute Gasteiger partial charge is 0.416 e. The molecule has 2 rings (SSSR count). The first-order valence-corrected chi connectivity index (χ1v) is 7.99. The summed E-state index contributed by atoms with van der Waals surface area (Å²) in [6.45, 7) is 1.88. The molecule has 1 aromatic carbocycles. The maximum absolute atomic E-state index is 13.7. The van der Waals surface area contributed by atoms with Crippen LogP contribution in [0.15, 0.2) is 36.5 Å². The Labute approximate surface area is 147 Å². The predicted molar refractivity (Wildman–Crippen MR) is 86.8 cm³/mol. The molecule has 2 N–H and O–H groups in total. The molecule has 1 heterocycles. The molecule has 0 amide bonds. The fourth-order valence-corrected chi connectivity index (χ4v) is 2.40. The Morgan fingerprint density at radius 1 is 1.24 bits per heavy atom. The number of nitrogens with zero attached hydrogens (tertiary/aromatic N) is 1. The van der Waals surface area contributed by atoms with Crippen molar-refractivity contribution in [1.82, 2.24) is 10.3 Å². The summed E-state index contributed by atoms with van der Waals surface area (Å²) in [6.07, 6.45) is -3.54. The zero-order valence-electron chi connectivity index (χ0n) is 13.3. The smallest absolute Gasteiger partial charge is 0.392 e. The van der Waals surface area contributed by atoms with Gasteiger partial charge in [0.05, 0.1) is 28.4 Å². The Morgan fingerprint density at radius 2 is 1.96 bits per heavy atom. The van der Waals surface area contributed by atoms with Crippen molar-refractivity contribution < 1.29 is 22.7 Å². The fourth-order valence-electron chi connectivity index (χ4n) is 2.29. The minimum absolute atomic E-state index is 0.0606. The number of aromatic nitrogens is 1. The summed E-state index contributed by atoms with van der Waals surface area (Å²) >= 11 is 5.79. The summed E-state index contributed by atoms with van der Waals surface area (Å²) in [7, 11) is 0. The summed E-state index contributed by atoms with van der Waals surface area (Å²) in [6, 6.07) is 4.58. The lowest BCUT2D eigenvalue weighted by atomic mass is 9.99. The maximum atomic E-state index is 13.7. The number of halogens is 5. The molecule has 0 saturated heterocycles. The van der Waals surface area contributed by atoms with Crippen LogP contribution in [0.25, 0.3) is 0 Å². The van der Waals surface area contributed by atoms with Gasteiger partial charge >= 0.3 is 6.18 Å². The number of aliphatic hydroxyl groups excluding tert-OH is 1. The van der Waals surface area contributed by atoms with Gasteiger partial charge in [-0.05, 0) is 42.3 Å². The molecule has 0 spiro atoms. The normalized spacial score (nSPS) is 14.4. The lowest BCUT2D eigenvalue weighted by Crippen LogP contribution is -2.31. The topological polar surface area (TPSA) is 45.1 Å². The second-order valence-corrected chi connectivity index (χ2v) is 6.01. The third-order valence-electron chi connectivity index (χ3n) is 3.66. The molecule has 0 radical (unpaired) electrons. The molecule has 136 valence electrons. The molecule has 25 heavy (non-hydrogen) atoms. The second kappa shape index (κ2) is 8.12. The van der Waals surface area contributed by atoms with Crippen LogP contribution in [0, 0.1) is 5.82 Å². The maximum Gasteiger partial charge on any atom is 0.416 e. The summed E-state index contributed by atoms with van der Waals surface area (Å²) in [5.41, 5.74) is -0.656. The SMILES string of the molecule is CCC(O)CN[C@@H](c1cc(F)cc(C(F)(F)F)c1)c1ccc(Cl)cn1. The van der Waals surface area contributed by atoms with Gasteiger partial charge in [0.15, 0.2) is 0 Å². The van der Waals surface area contributed by atoms with Crippen LogP contribution >= 0.6 is 11.6 Å². The number of rotatable bonds is 6. The Hall–Kier alpha value is -1.70. The molecule has 0 aliphatic rings. The van der Waals surface area contributed by atoms with Gasteiger partial charge in [-0.3, -0.25) is 4.98 Å². The van der Waals surface area contributed by atoms with Crippen molar-refractivity contribution in [2.75, 3.05) is 6.54 Å². The van der Waals surface area contributed by atoms with Crippen molar-refractivity contribution in [1.29, 1.82) is 0 Å². The van der Waals surface area contributed by atoms with Crippen molar-refractivity contribution in [3.8, 4) is 0 Å². The molecule has 0 saturated carbocycles. The van der Waals surface area contributed by atoms with Crippen LogP contribution in [0.5, 0.6) is 0 Å². The average molecular weight is 377 g/mol. The van der Waals surface area contributed by atoms with E-state index in [1.165, 1.54) is 12.3 Å². The standard InChI is InChI=1S/C17H17ClF4N2O/c1-2-14(25)9-24-16(15-4-3-12(18)8-23-15)10-5-11(17(20,21)22)7-13(19)6-10/h3-8,14,16,24-25H,2,9H2,1H3/t14?,16-/m0/s1. The minimum Gasteiger partial charge on any atom is -0.392 e. The first-order chi connectivity index (χ1) is 11.7. The van der Waals surface area contributed by atoms with E-state index in [-0.39, 0.29) is 12.1 Å². The fraction of sp³-hybridized carbons (Fsp3) is 0.353. The molecular weight excluding hydrogens is 360 g/mol. The summed E-state index contributed by atoms with van der Waals surface area (Å²) in [4.78, 5) is 4.10. The molecule has 0 fully saturated rings. The van der Waals surface area contributed by atoms with E-state index in [0.717, 1.165) is 12.1 Å². The first-order valence-electron chi connectivity index (χ1n) is 7.61. The van der Waals surface area contributed by atoms with Crippen molar-refractivity contribution in [2.24, 2.45) is 0 Å². The number of alkyl halides is 3. The average Bonchev–Trinajstić information content (AvgIpc) is 2.55. The zero-order valence-corrected chi connectivity index (χ0v) is 14.1. The van der Waals surface area contributed by atoms with E-state index in [0.29, 0.717) is 23.2 Å². The van der Waals surface area contributed by atoms with E-state index in [2.05, 4.69) is 10.3 Å². The van der Waals surface area contributed by atoms with Gasteiger partial charge in [0.1, 0.15) is 5.82 Å². The monoisotopic (exact) mass is 376 g/mol. The van der Waals surface area contributed by atoms with E-state index in [1.807, 2.05) is 0 Å². The third-order valence-corrected chi connectivity index (χ3v) is 3.88. The lowest BCUT2D eigenvalue weighted by Gasteiger charge is -2.22. The Bertz CT molecular complexity index is 707. The highest BCUT2D eigenvalue weighted by atomic mass is 35.5. The Kier molecular flexibility index (Phi) is 6.37. The number of pyridine rings is 1. The number of hydrogen-bond acceptors (Lipinski definition) is 3. The number of aliphatic hydroxyl groups is 1. The lowest BCUT2D eigenvalue weighted by molar-refractivity contribution is -0.137. The van der Waals surface area contributed by atoms with E-state index in [9.17, 15) is 22.7 Å². The molecule has 0 aliphatic heterocycles. The highest BCUT2D eigenvalue weighted by Crippen LogP contribution is 2.33. The van der Waals surface area contributed by atoms with Gasteiger partial charge in [0.2, 0.25) is 0 Å². The first kappa shape index (κ1) is 19.6. The van der Waals surface area contributed by atoms with E-state index < -0.39 is 29.7 Å². The third kappa shape index (κ3) is 5.39. The van der Waals surface area contributed by atoms with Gasteiger partial charge in [-0.15, -0.1) is 0 Å². The van der Waals surface area contributed by atoms with E-state index >= 15 is 0 Å². The number of nitrogens with one attached hydrogen (secondary N) is 1. The van der Waals surface area contributed by atoms with Crippen LogP contribution in [0.2, 0.25) is 5.02 Å². The Morgan fingerprint density at radius 3 is 2.52 bits per heavy atom. The van der Waals surface area contributed by atoms with E-state index in [4.69, 9.17) is 11.6 Å². The Balaban J connectivity index is 2.44. The van der Waals surface area contributed by atoms with Gasteiger partial charge < -0.3 is 10.4 Å². The van der Waals surface area contributed by atoms with Crippen LogP contribution in [0.3, 0.4) is 0 Å². The molecule has 0 bridgehead atoms. The van der Waals surface area contributed by atoms with Crippen LogP contribution in [-0.4, -0.2) is 22.7 Å². The highest BCUT2D eigenvalue weighted by molar-refractivity contribution is 6.30. The van der Waals surface area contributed by atoms with Crippen LogP contribution in [0.1, 0.15) is 36.2 Å². The molecule has 1 aromatic heterocycles. The second-order valence-electron chi connectivity index (χ2n) is 5.58. The minimum atomic E-state index is -4.67. The summed E-state index contributed by atoms with van der Waals surface area (Å²) in [5, 5.41) is 13.0. The van der Waals surface area contributed by atoms with Crippen LogP contribution < -0.4 is 5.32 Å². The van der Waals surface area contributed by atoms with Crippen molar-refractivity contribution in [3.05, 3.63) is 64.2 Å². The van der Waals surface area contributed by atoms with Crippen LogP contribution in [-0.2, 0) is 6.18 Å². The summed E-state index contributed by atoms with van der Waals surface area (Å²) < 4.78 is 52.7. The molecule has 2 aromatic rings. The molecule has 1 unspecified atom stereocenters. The molecule has 8 heteroatoms. The highest BCUT2D eigenvalue weighted by Gasteiger charge is 2.32. The quantitative estimate of drug-likeness (QED) is 0.737. The molecule has 0 aliphatic carbocycles.